The number of carbonyl (C=O) groups is 1. The van der Waals surface area contributed by atoms with Crippen LogP contribution in [0.5, 0.6) is 0 Å². The first-order valence-corrected chi connectivity index (χ1v) is 6.44. The number of pyridine rings is 1. The van der Waals surface area contributed by atoms with Crippen molar-refractivity contribution in [3.05, 3.63) is 72.6 Å². The normalized spacial score (nSPS) is 9.80. The largest absolute Gasteiger partial charge is 0.299 e. The van der Waals surface area contributed by atoms with E-state index in [1.54, 1.807) is 12.4 Å². The van der Waals surface area contributed by atoms with Crippen molar-refractivity contribution >= 4 is 11.6 Å². The smallest absolute Gasteiger partial charge is 0.238 e. The maximum Gasteiger partial charge on any atom is 0.238 e. The molecule has 0 unspecified atom stereocenters. The molecule has 1 heterocycles. The number of nitrogens with zero attached hydrogens (tertiary/aromatic N) is 1. The molecule has 0 saturated heterocycles. The Bertz CT molecular complexity index is 567. The van der Waals surface area contributed by atoms with E-state index in [4.69, 9.17) is 0 Å². The molecule has 2 N–H and O–H groups in total. The molecule has 0 fully saturated rings. The Morgan fingerprint density at radius 2 is 1.75 bits per heavy atom. The summed E-state index contributed by atoms with van der Waals surface area (Å²) in [5, 5.41) is 0. The number of amides is 1. The van der Waals surface area contributed by atoms with E-state index in [9.17, 15) is 4.79 Å². The molecular weight excluding hydrogens is 250 g/mol. The average molecular weight is 267 g/mol. The molecule has 102 valence electrons. The van der Waals surface area contributed by atoms with Gasteiger partial charge in [-0.1, -0.05) is 36.9 Å². The van der Waals surface area contributed by atoms with Gasteiger partial charge >= 0.3 is 0 Å². The van der Waals surface area contributed by atoms with Crippen molar-refractivity contribution in [1.29, 1.82) is 0 Å². The van der Waals surface area contributed by atoms with Gasteiger partial charge in [0, 0.05) is 24.4 Å². The van der Waals surface area contributed by atoms with Gasteiger partial charge < -0.3 is 0 Å². The highest BCUT2D eigenvalue weighted by Gasteiger charge is 2.03. The molecule has 0 saturated carbocycles. The fourth-order valence-electron chi connectivity index (χ4n) is 1.74. The third-order valence-corrected chi connectivity index (χ3v) is 2.87. The topological polar surface area (TPSA) is 54.0 Å². The van der Waals surface area contributed by atoms with E-state index in [0.29, 0.717) is 12.1 Å². The Balaban J connectivity index is 1.74. The van der Waals surface area contributed by atoms with Crippen LogP contribution in [0.3, 0.4) is 0 Å². The lowest BCUT2D eigenvalue weighted by atomic mass is 10.1. The van der Waals surface area contributed by atoms with E-state index in [2.05, 4.69) is 22.4 Å². The summed E-state index contributed by atoms with van der Waals surface area (Å²) in [5.74, 6) is -0.0657. The molecule has 1 amide bonds. The molecule has 2 rings (SSSR count). The summed E-state index contributed by atoms with van der Waals surface area (Å²) < 4.78 is 0. The van der Waals surface area contributed by atoms with Crippen molar-refractivity contribution in [2.45, 2.75) is 12.8 Å². The predicted octanol–water partition coefficient (Wildman–Crippen LogP) is 2.31. The summed E-state index contributed by atoms with van der Waals surface area (Å²) >= 11 is 0. The minimum Gasteiger partial charge on any atom is -0.299 e. The zero-order chi connectivity index (χ0) is 14.2. The number of rotatable bonds is 6. The summed E-state index contributed by atoms with van der Waals surface area (Å²) in [5.41, 5.74) is 8.14. The van der Waals surface area contributed by atoms with Crippen molar-refractivity contribution in [3.63, 3.8) is 0 Å². The maximum atomic E-state index is 11.7. The van der Waals surface area contributed by atoms with E-state index in [0.717, 1.165) is 17.5 Å². The van der Waals surface area contributed by atoms with Crippen molar-refractivity contribution in [2.24, 2.45) is 0 Å². The molecule has 4 heteroatoms. The van der Waals surface area contributed by atoms with E-state index >= 15 is 0 Å². The Labute approximate surface area is 118 Å². The molecule has 0 atom stereocenters. The second-order valence-electron chi connectivity index (χ2n) is 4.37. The van der Waals surface area contributed by atoms with Crippen LogP contribution in [0, 0.1) is 0 Å². The number of hydrogen-bond donors (Lipinski definition) is 2. The summed E-state index contributed by atoms with van der Waals surface area (Å²) in [6.07, 6.45) is 4.51. The first-order chi connectivity index (χ1) is 9.75. The molecule has 0 spiro atoms. The number of nitrogens with one attached hydrogen (secondary N) is 2. The number of benzene rings is 1. The molecule has 20 heavy (non-hydrogen) atoms. The van der Waals surface area contributed by atoms with Gasteiger partial charge in [0.15, 0.2) is 0 Å². The van der Waals surface area contributed by atoms with E-state index in [1.165, 1.54) is 0 Å². The summed E-state index contributed by atoms with van der Waals surface area (Å²) in [6, 6.07) is 13.6. The first kappa shape index (κ1) is 13.8. The third kappa shape index (κ3) is 4.24. The van der Waals surface area contributed by atoms with Crippen LogP contribution < -0.4 is 10.9 Å². The zero-order valence-electron chi connectivity index (χ0n) is 11.2. The van der Waals surface area contributed by atoms with Gasteiger partial charge in [-0.15, -0.1) is 0 Å². The highest BCUT2D eigenvalue weighted by atomic mass is 16.2. The average Bonchev–Trinajstić information content (AvgIpc) is 2.52. The van der Waals surface area contributed by atoms with Gasteiger partial charge in [-0.25, -0.2) is 0 Å². The van der Waals surface area contributed by atoms with Crippen LogP contribution in [0.2, 0.25) is 0 Å². The van der Waals surface area contributed by atoms with Gasteiger partial charge in [-0.05, 0) is 24.1 Å². The van der Waals surface area contributed by atoms with Crippen LogP contribution in [0.4, 0.5) is 0 Å². The van der Waals surface area contributed by atoms with E-state index < -0.39 is 0 Å². The van der Waals surface area contributed by atoms with Gasteiger partial charge in [0.2, 0.25) is 5.91 Å². The third-order valence-electron chi connectivity index (χ3n) is 2.87. The van der Waals surface area contributed by atoms with Crippen molar-refractivity contribution in [2.75, 3.05) is 0 Å². The Morgan fingerprint density at radius 3 is 2.45 bits per heavy atom. The summed E-state index contributed by atoms with van der Waals surface area (Å²) in [6.45, 7) is 3.86. The van der Waals surface area contributed by atoms with Crippen LogP contribution in [0.25, 0.3) is 5.70 Å². The fourth-order valence-corrected chi connectivity index (χ4v) is 1.74. The minimum atomic E-state index is -0.0657. The monoisotopic (exact) mass is 267 g/mol. The molecule has 1 aromatic heterocycles. The molecular formula is C16H17N3O. The molecule has 0 aliphatic rings. The van der Waals surface area contributed by atoms with Crippen LogP contribution in [0.15, 0.2) is 61.4 Å². The van der Waals surface area contributed by atoms with Crippen molar-refractivity contribution in [3.8, 4) is 0 Å². The van der Waals surface area contributed by atoms with Gasteiger partial charge in [0.25, 0.3) is 0 Å². The van der Waals surface area contributed by atoms with E-state index in [-0.39, 0.29) is 5.91 Å². The molecule has 0 bridgehead atoms. The van der Waals surface area contributed by atoms with Crippen LogP contribution >= 0.6 is 0 Å². The van der Waals surface area contributed by atoms with Crippen molar-refractivity contribution < 1.29 is 4.79 Å². The van der Waals surface area contributed by atoms with Crippen LogP contribution in [-0.4, -0.2) is 10.9 Å². The number of hydrazine groups is 1. The Hall–Kier alpha value is -2.62. The van der Waals surface area contributed by atoms with Gasteiger partial charge in [0.1, 0.15) is 0 Å². The van der Waals surface area contributed by atoms with Crippen LogP contribution in [-0.2, 0) is 11.2 Å². The SMILES string of the molecule is C=C(NNC(=O)CCc1ccccc1)c1ccncc1. The maximum absolute atomic E-state index is 11.7. The molecule has 1 aromatic carbocycles. The quantitative estimate of drug-likeness (QED) is 0.790. The summed E-state index contributed by atoms with van der Waals surface area (Å²) in [7, 11) is 0. The fraction of sp³-hybridized carbons (Fsp3) is 0.125. The Kier molecular flexibility index (Phi) is 4.89. The second kappa shape index (κ2) is 7.09. The molecule has 0 aliphatic heterocycles. The van der Waals surface area contributed by atoms with Gasteiger partial charge in [-0.3, -0.25) is 20.6 Å². The first-order valence-electron chi connectivity index (χ1n) is 6.44. The number of carbonyl (C=O) groups excluding carboxylic acids is 1. The highest BCUT2D eigenvalue weighted by Crippen LogP contribution is 2.06. The summed E-state index contributed by atoms with van der Waals surface area (Å²) in [4.78, 5) is 15.7. The lowest BCUT2D eigenvalue weighted by molar-refractivity contribution is -0.121. The minimum absolute atomic E-state index is 0.0657. The number of hydrogen-bond acceptors (Lipinski definition) is 3. The van der Waals surface area contributed by atoms with Crippen molar-refractivity contribution in [1.82, 2.24) is 15.8 Å². The molecule has 0 radical (unpaired) electrons. The second-order valence-corrected chi connectivity index (χ2v) is 4.37. The lowest BCUT2D eigenvalue weighted by Gasteiger charge is -2.11. The number of aromatic nitrogens is 1. The lowest BCUT2D eigenvalue weighted by Crippen LogP contribution is -2.35. The highest BCUT2D eigenvalue weighted by molar-refractivity contribution is 5.77. The van der Waals surface area contributed by atoms with Gasteiger partial charge in [-0.2, -0.15) is 0 Å². The van der Waals surface area contributed by atoms with Gasteiger partial charge in [0.05, 0.1) is 5.70 Å². The Morgan fingerprint density at radius 1 is 1.05 bits per heavy atom. The number of aryl methyl sites for hydroxylation is 1. The molecule has 4 nitrogen and oxygen atoms in total. The standard InChI is InChI=1S/C16H17N3O/c1-13(15-9-11-17-12-10-15)18-19-16(20)8-7-14-5-3-2-4-6-14/h2-6,9-12,18H,1,7-8H2,(H,19,20). The van der Waals surface area contributed by atoms with Crippen LogP contribution in [0.1, 0.15) is 17.5 Å². The molecule has 0 aliphatic carbocycles. The van der Waals surface area contributed by atoms with E-state index in [1.807, 2.05) is 42.5 Å². The zero-order valence-corrected chi connectivity index (χ0v) is 11.2. The predicted molar refractivity (Wildman–Crippen MR) is 79.3 cm³/mol. The molecule has 2 aromatic rings.